The maximum absolute atomic E-state index is 11.0. The summed E-state index contributed by atoms with van der Waals surface area (Å²) in [5, 5.41) is 0. The first kappa shape index (κ1) is 11.1. The van der Waals surface area contributed by atoms with Crippen molar-refractivity contribution in [2.45, 2.75) is 57.4 Å². The molecule has 2 aliphatic rings. The molecule has 2 rings (SSSR count). The van der Waals surface area contributed by atoms with Crippen molar-refractivity contribution in [2.75, 3.05) is 13.1 Å². The van der Waals surface area contributed by atoms with Gasteiger partial charge in [-0.05, 0) is 38.1 Å². The van der Waals surface area contributed by atoms with E-state index < -0.39 is 0 Å². The Morgan fingerprint density at radius 3 is 2.47 bits per heavy atom. The van der Waals surface area contributed by atoms with Crippen molar-refractivity contribution in [3.05, 3.63) is 0 Å². The monoisotopic (exact) mass is 209 g/mol. The number of likely N-dealkylation sites (tertiary alicyclic amines) is 1. The van der Waals surface area contributed by atoms with Gasteiger partial charge in [-0.25, -0.2) is 0 Å². The minimum absolute atomic E-state index is 0.237. The lowest BCUT2D eigenvalue weighted by Crippen LogP contribution is -2.43. The van der Waals surface area contributed by atoms with Gasteiger partial charge in [-0.2, -0.15) is 0 Å². The number of piperidine rings is 1. The van der Waals surface area contributed by atoms with Crippen LogP contribution in [-0.4, -0.2) is 30.3 Å². The summed E-state index contributed by atoms with van der Waals surface area (Å²) in [6, 6.07) is 0.237. The molecule has 0 aromatic heterocycles. The van der Waals surface area contributed by atoms with E-state index in [1.165, 1.54) is 57.8 Å². The van der Waals surface area contributed by atoms with Crippen LogP contribution in [0.1, 0.15) is 51.4 Å². The molecule has 0 amide bonds. The fraction of sp³-hybridized carbons (Fsp3) is 0.923. The highest BCUT2D eigenvalue weighted by atomic mass is 16.1. The van der Waals surface area contributed by atoms with E-state index in [4.69, 9.17) is 0 Å². The molecule has 1 unspecified atom stereocenters. The average molecular weight is 209 g/mol. The lowest BCUT2D eigenvalue weighted by atomic mass is 9.88. The van der Waals surface area contributed by atoms with Crippen molar-refractivity contribution in [2.24, 2.45) is 5.92 Å². The molecule has 0 bridgehead atoms. The molecule has 0 aromatic carbocycles. The van der Waals surface area contributed by atoms with Gasteiger partial charge in [-0.1, -0.05) is 25.7 Å². The second-order valence-corrected chi connectivity index (χ2v) is 5.20. The molecule has 1 aliphatic heterocycles. The van der Waals surface area contributed by atoms with Crippen LogP contribution in [0.15, 0.2) is 0 Å². The van der Waals surface area contributed by atoms with Crippen LogP contribution in [0.25, 0.3) is 0 Å². The van der Waals surface area contributed by atoms with Crippen LogP contribution in [0.3, 0.4) is 0 Å². The van der Waals surface area contributed by atoms with Gasteiger partial charge >= 0.3 is 0 Å². The number of hydrogen-bond donors (Lipinski definition) is 0. The van der Waals surface area contributed by atoms with Gasteiger partial charge in [0.25, 0.3) is 0 Å². The zero-order valence-corrected chi connectivity index (χ0v) is 9.66. The maximum Gasteiger partial charge on any atom is 0.137 e. The zero-order chi connectivity index (χ0) is 10.5. The summed E-state index contributed by atoms with van der Waals surface area (Å²) in [4.78, 5) is 13.4. The van der Waals surface area contributed by atoms with E-state index in [9.17, 15) is 4.79 Å². The van der Waals surface area contributed by atoms with Crippen LogP contribution in [0, 0.1) is 5.92 Å². The highest BCUT2D eigenvalue weighted by molar-refractivity contribution is 5.57. The largest absolute Gasteiger partial charge is 0.302 e. The van der Waals surface area contributed by atoms with Gasteiger partial charge in [0, 0.05) is 6.54 Å². The second kappa shape index (κ2) is 5.64. The number of hydrogen-bond acceptors (Lipinski definition) is 2. The van der Waals surface area contributed by atoms with E-state index in [1.54, 1.807) is 0 Å². The van der Waals surface area contributed by atoms with E-state index in [2.05, 4.69) is 4.90 Å². The number of rotatable bonds is 3. The molecule has 1 aliphatic carbocycles. The quantitative estimate of drug-likeness (QED) is 0.666. The molecule has 2 fully saturated rings. The number of carbonyl (C=O) groups is 1. The number of carbonyl (C=O) groups excluding carboxylic acids is 1. The third-order valence-electron chi connectivity index (χ3n) is 4.04. The van der Waals surface area contributed by atoms with Crippen molar-refractivity contribution in [3.8, 4) is 0 Å². The van der Waals surface area contributed by atoms with Gasteiger partial charge in [0.05, 0.1) is 6.04 Å². The van der Waals surface area contributed by atoms with Gasteiger partial charge in [0.1, 0.15) is 6.29 Å². The van der Waals surface area contributed by atoms with Crippen molar-refractivity contribution >= 4 is 6.29 Å². The van der Waals surface area contributed by atoms with Gasteiger partial charge in [0.15, 0.2) is 0 Å². The summed E-state index contributed by atoms with van der Waals surface area (Å²) >= 11 is 0. The van der Waals surface area contributed by atoms with Crippen molar-refractivity contribution in [1.29, 1.82) is 0 Å². The zero-order valence-electron chi connectivity index (χ0n) is 9.66. The summed E-state index contributed by atoms with van der Waals surface area (Å²) < 4.78 is 0. The van der Waals surface area contributed by atoms with Crippen molar-refractivity contribution < 1.29 is 4.79 Å². The molecule has 0 N–H and O–H groups in total. The van der Waals surface area contributed by atoms with Crippen LogP contribution in [-0.2, 0) is 4.79 Å². The molecule has 1 saturated carbocycles. The lowest BCUT2D eigenvalue weighted by molar-refractivity contribution is -0.113. The van der Waals surface area contributed by atoms with E-state index in [1.807, 2.05) is 0 Å². The fourth-order valence-electron chi connectivity index (χ4n) is 3.10. The first-order valence-corrected chi connectivity index (χ1v) is 6.59. The van der Waals surface area contributed by atoms with E-state index >= 15 is 0 Å². The standard InChI is InChI=1S/C13H23NO/c15-11-13-8-4-5-9-14(13)10-12-6-2-1-3-7-12/h11-13H,1-10H2. The summed E-state index contributed by atoms with van der Waals surface area (Å²) in [6.07, 6.45) is 11.8. The molecular weight excluding hydrogens is 186 g/mol. The third-order valence-corrected chi connectivity index (χ3v) is 4.04. The Morgan fingerprint density at radius 2 is 1.73 bits per heavy atom. The van der Waals surface area contributed by atoms with Crippen LogP contribution in [0.5, 0.6) is 0 Å². The first-order valence-electron chi connectivity index (χ1n) is 6.59. The van der Waals surface area contributed by atoms with Gasteiger partial charge in [-0.15, -0.1) is 0 Å². The maximum atomic E-state index is 11.0. The normalized spacial score (nSPS) is 30.3. The van der Waals surface area contributed by atoms with Crippen LogP contribution in [0.2, 0.25) is 0 Å². The van der Waals surface area contributed by atoms with Crippen LogP contribution < -0.4 is 0 Å². The Bertz CT molecular complexity index is 199. The molecule has 1 saturated heterocycles. The molecule has 15 heavy (non-hydrogen) atoms. The minimum atomic E-state index is 0.237. The molecular formula is C13H23NO. The SMILES string of the molecule is O=CC1CCCCN1CC1CCCCC1. The number of nitrogens with zero attached hydrogens (tertiary/aromatic N) is 1. The molecule has 2 nitrogen and oxygen atoms in total. The molecule has 1 atom stereocenters. The van der Waals surface area contributed by atoms with E-state index in [0.29, 0.717) is 0 Å². The summed E-state index contributed by atoms with van der Waals surface area (Å²) in [7, 11) is 0. The fourth-order valence-corrected chi connectivity index (χ4v) is 3.10. The Kier molecular flexibility index (Phi) is 4.18. The lowest BCUT2D eigenvalue weighted by Gasteiger charge is -2.36. The molecule has 86 valence electrons. The highest BCUT2D eigenvalue weighted by Gasteiger charge is 2.25. The Labute approximate surface area is 93.0 Å². The van der Waals surface area contributed by atoms with Crippen LogP contribution >= 0.6 is 0 Å². The molecule has 0 spiro atoms. The van der Waals surface area contributed by atoms with E-state index in [-0.39, 0.29) is 6.04 Å². The average Bonchev–Trinajstić information content (AvgIpc) is 2.31. The minimum Gasteiger partial charge on any atom is -0.302 e. The van der Waals surface area contributed by atoms with Crippen molar-refractivity contribution in [1.82, 2.24) is 4.90 Å². The van der Waals surface area contributed by atoms with Gasteiger partial charge in [0.2, 0.25) is 0 Å². The summed E-state index contributed by atoms with van der Waals surface area (Å²) in [5.74, 6) is 0.874. The first-order chi connectivity index (χ1) is 7.40. The summed E-state index contributed by atoms with van der Waals surface area (Å²) in [6.45, 7) is 2.34. The van der Waals surface area contributed by atoms with Crippen LogP contribution in [0.4, 0.5) is 0 Å². The Hall–Kier alpha value is -0.370. The number of aldehydes is 1. The molecule has 0 aromatic rings. The topological polar surface area (TPSA) is 20.3 Å². The van der Waals surface area contributed by atoms with Gasteiger partial charge < -0.3 is 4.79 Å². The highest BCUT2D eigenvalue weighted by Crippen LogP contribution is 2.26. The molecule has 0 radical (unpaired) electrons. The third kappa shape index (κ3) is 3.04. The molecule has 1 heterocycles. The Balaban J connectivity index is 1.82. The predicted molar refractivity (Wildman–Crippen MR) is 61.9 cm³/mol. The smallest absolute Gasteiger partial charge is 0.137 e. The predicted octanol–water partition coefficient (Wildman–Crippen LogP) is 2.62. The van der Waals surface area contributed by atoms with Gasteiger partial charge in [-0.3, -0.25) is 4.90 Å². The Morgan fingerprint density at radius 1 is 1.00 bits per heavy atom. The second-order valence-electron chi connectivity index (χ2n) is 5.20. The van der Waals surface area contributed by atoms with E-state index in [0.717, 1.165) is 18.9 Å². The summed E-state index contributed by atoms with van der Waals surface area (Å²) in [5.41, 5.74) is 0. The molecule has 2 heteroatoms. The van der Waals surface area contributed by atoms with Crippen molar-refractivity contribution in [3.63, 3.8) is 0 Å².